The van der Waals surface area contributed by atoms with E-state index in [0.717, 1.165) is 0 Å². The Morgan fingerprint density at radius 1 is 1.39 bits per heavy atom. The lowest BCUT2D eigenvalue weighted by Gasteiger charge is -2.22. The van der Waals surface area contributed by atoms with Gasteiger partial charge in [0, 0.05) is 20.1 Å². The average Bonchev–Trinajstić information content (AvgIpc) is 2.33. The highest BCUT2D eigenvalue weighted by Crippen LogP contribution is 2.15. The molecule has 0 bridgehead atoms. The quantitative estimate of drug-likeness (QED) is 0.816. The van der Waals surface area contributed by atoms with Gasteiger partial charge in [0.25, 0.3) is 5.56 Å². The summed E-state index contributed by atoms with van der Waals surface area (Å²) >= 11 is 0. The molecule has 0 radical (unpaired) electrons. The second-order valence-corrected chi connectivity index (χ2v) is 4.64. The van der Waals surface area contributed by atoms with Crippen LogP contribution in [0.5, 0.6) is 0 Å². The molecule has 1 aromatic carbocycles. The van der Waals surface area contributed by atoms with E-state index in [2.05, 4.69) is 4.98 Å². The van der Waals surface area contributed by atoms with Crippen LogP contribution in [0, 0.1) is 5.82 Å². The Balaban J connectivity index is 2.76. The standard InChI is InChI=1S/C13H16FN3O/c1-8(2)16(3)12-13(18)17(4)11-7-9(14)5-6-10(11)15-12/h5-8H,1-4H3. The van der Waals surface area contributed by atoms with Crippen molar-refractivity contribution < 1.29 is 4.39 Å². The van der Waals surface area contributed by atoms with E-state index in [1.54, 1.807) is 13.1 Å². The normalized spacial score (nSPS) is 11.2. The van der Waals surface area contributed by atoms with Crippen LogP contribution in [-0.4, -0.2) is 22.6 Å². The Hall–Kier alpha value is -1.91. The van der Waals surface area contributed by atoms with Gasteiger partial charge in [-0.3, -0.25) is 4.79 Å². The van der Waals surface area contributed by atoms with Crippen molar-refractivity contribution in [2.45, 2.75) is 19.9 Å². The Kier molecular flexibility index (Phi) is 3.07. The average molecular weight is 249 g/mol. The van der Waals surface area contributed by atoms with Crippen molar-refractivity contribution in [3.63, 3.8) is 0 Å². The molecule has 0 aliphatic carbocycles. The van der Waals surface area contributed by atoms with Crippen molar-refractivity contribution in [3.05, 3.63) is 34.4 Å². The summed E-state index contributed by atoms with van der Waals surface area (Å²) in [7, 11) is 3.45. The summed E-state index contributed by atoms with van der Waals surface area (Å²) in [4.78, 5) is 18.3. The van der Waals surface area contributed by atoms with Gasteiger partial charge in [0.15, 0.2) is 5.82 Å². The first-order valence-corrected chi connectivity index (χ1v) is 5.81. The molecule has 18 heavy (non-hydrogen) atoms. The summed E-state index contributed by atoms with van der Waals surface area (Å²) < 4.78 is 14.6. The molecule has 0 saturated heterocycles. The van der Waals surface area contributed by atoms with E-state index in [1.807, 2.05) is 25.8 Å². The zero-order chi connectivity index (χ0) is 13.4. The fraction of sp³-hybridized carbons (Fsp3) is 0.385. The van der Waals surface area contributed by atoms with Crippen molar-refractivity contribution in [2.75, 3.05) is 11.9 Å². The minimum Gasteiger partial charge on any atom is -0.353 e. The van der Waals surface area contributed by atoms with Crippen LogP contribution < -0.4 is 10.5 Å². The van der Waals surface area contributed by atoms with Gasteiger partial charge in [-0.1, -0.05) is 0 Å². The molecule has 0 unspecified atom stereocenters. The summed E-state index contributed by atoms with van der Waals surface area (Å²) in [6, 6.07) is 4.42. The second kappa shape index (κ2) is 4.40. The lowest BCUT2D eigenvalue weighted by Crippen LogP contribution is -2.34. The molecule has 0 saturated carbocycles. The van der Waals surface area contributed by atoms with E-state index >= 15 is 0 Å². The third-order valence-corrected chi connectivity index (χ3v) is 3.13. The van der Waals surface area contributed by atoms with Crippen LogP contribution in [0.3, 0.4) is 0 Å². The molecule has 1 heterocycles. The molecular formula is C13H16FN3O. The number of fused-ring (bicyclic) bond motifs is 1. The number of hydrogen-bond donors (Lipinski definition) is 0. The van der Waals surface area contributed by atoms with E-state index < -0.39 is 0 Å². The van der Waals surface area contributed by atoms with Crippen LogP contribution in [0.15, 0.2) is 23.0 Å². The number of nitrogens with zero attached hydrogens (tertiary/aromatic N) is 3. The first-order valence-electron chi connectivity index (χ1n) is 5.81. The number of hydrogen-bond acceptors (Lipinski definition) is 3. The Bertz CT molecular complexity index is 648. The Morgan fingerprint density at radius 2 is 2.06 bits per heavy atom. The summed E-state index contributed by atoms with van der Waals surface area (Å²) in [5, 5.41) is 0. The highest BCUT2D eigenvalue weighted by Gasteiger charge is 2.14. The van der Waals surface area contributed by atoms with Crippen molar-refractivity contribution >= 4 is 16.9 Å². The molecule has 5 heteroatoms. The third kappa shape index (κ3) is 1.96. The molecule has 2 aromatic rings. The maximum absolute atomic E-state index is 13.2. The first-order chi connectivity index (χ1) is 8.41. The zero-order valence-corrected chi connectivity index (χ0v) is 10.9. The SMILES string of the molecule is CC(C)N(C)c1nc2ccc(F)cc2n(C)c1=O. The Labute approximate surface area is 105 Å². The van der Waals surface area contributed by atoms with Gasteiger partial charge < -0.3 is 9.47 Å². The van der Waals surface area contributed by atoms with Crippen LogP contribution >= 0.6 is 0 Å². The van der Waals surface area contributed by atoms with Gasteiger partial charge in [0.2, 0.25) is 0 Å². The lowest BCUT2D eigenvalue weighted by atomic mass is 10.2. The number of aryl methyl sites for hydroxylation is 1. The topological polar surface area (TPSA) is 38.1 Å². The van der Waals surface area contributed by atoms with Gasteiger partial charge in [-0.15, -0.1) is 0 Å². The fourth-order valence-corrected chi connectivity index (χ4v) is 1.76. The van der Waals surface area contributed by atoms with Crippen LogP contribution in [0.1, 0.15) is 13.8 Å². The molecule has 0 N–H and O–H groups in total. The van der Waals surface area contributed by atoms with Crippen molar-refractivity contribution in [1.82, 2.24) is 9.55 Å². The lowest BCUT2D eigenvalue weighted by molar-refractivity contribution is 0.628. The van der Waals surface area contributed by atoms with E-state index in [0.29, 0.717) is 16.9 Å². The van der Waals surface area contributed by atoms with Crippen LogP contribution in [0.25, 0.3) is 11.0 Å². The van der Waals surface area contributed by atoms with Gasteiger partial charge in [-0.2, -0.15) is 0 Å². The molecule has 0 aliphatic heterocycles. The Morgan fingerprint density at radius 3 is 2.67 bits per heavy atom. The molecule has 0 aliphatic rings. The number of benzene rings is 1. The van der Waals surface area contributed by atoms with Crippen molar-refractivity contribution in [3.8, 4) is 0 Å². The molecule has 1 aromatic heterocycles. The van der Waals surface area contributed by atoms with E-state index in [4.69, 9.17) is 0 Å². The smallest absolute Gasteiger partial charge is 0.293 e. The minimum atomic E-state index is -0.371. The summed E-state index contributed by atoms with van der Waals surface area (Å²) in [6.07, 6.45) is 0. The van der Waals surface area contributed by atoms with E-state index in [9.17, 15) is 9.18 Å². The fourth-order valence-electron chi connectivity index (χ4n) is 1.76. The molecule has 2 rings (SSSR count). The second-order valence-electron chi connectivity index (χ2n) is 4.64. The van der Waals surface area contributed by atoms with Crippen LogP contribution in [-0.2, 0) is 7.05 Å². The highest BCUT2D eigenvalue weighted by molar-refractivity contribution is 5.76. The van der Waals surface area contributed by atoms with Gasteiger partial charge in [0.1, 0.15) is 5.82 Å². The molecule has 0 atom stereocenters. The maximum Gasteiger partial charge on any atom is 0.293 e. The summed E-state index contributed by atoms with van der Waals surface area (Å²) in [5.41, 5.74) is 0.895. The predicted molar refractivity (Wildman–Crippen MR) is 70.5 cm³/mol. The van der Waals surface area contributed by atoms with Gasteiger partial charge in [0.05, 0.1) is 11.0 Å². The van der Waals surface area contributed by atoms with E-state index in [1.165, 1.54) is 16.7 Å². The van der Waals surface area contributed by atoms with Crippen LogP contribution in [0.4, 0.5) is 10.2 Å². The predicted octanol–water partition coefficient (Wildman–Crippen LogP) is 1.92. The van der Waals surface area contributed by atoms with Gasteiger partial charge in [-0.25, -0.2) is 9.37 Å². The van der Waals surface area contributed by atoms with Gasteiger partial charge in [-0.05, 0) is 32.0 Å². The molecule has 0 amide bonds. The zero-order valence-electron chi connectivity index (χ0n) is 10.9. The number of aromatic nitrogens is 2. The molecule has 0 spiro atoms. The molecule has 96 valence electrons. The molecular weight excluding hydrogens is 233 g/mol. The van der Waals surface area contributed by atoms with Gasteiger partial charge >= 0.3 is 0 Å². The largest absolute Gasteiger partial charge is 0.353 e. The van der Waals surface area contributed by atoms with Crippen LogP contribution in [0.2, 0.25) is 0 Å². The molecule has 4 nitrogen and oxygen atoms in total. The summed E-state index contributed by atoms with van der Waals surface area (Å²) in [6.45, 7) is 3.96. The number of anilines is 1. The first kappa shape index (κ1) is 12.5. The molecule has 0 fully saturated rings. The van der Waals surface area contributed by atoms with Crippen molar-refractivity contribution in [1.29, 1.82) is 0 Å². The third-order valence-electron chi connectivity index (χ3n) is 3.13. The number of rotatable bonds is 2. The minimum absolute atomic E-state index is 0.170. The summed E-state index contributed by atoms with van der Waals surface area (Å²) in [5.74, 6) is 0.0101. The maximum atomic E-state index is 13.2. The highest BCUT2D eigenvalue weighted by atomic mass is 19.1. The number of halogens is 1. The van der Waals surface area contributed by atoms with E-state index in [-0.39, 0.29) is 17.4 Å². The monoisotopic (exact) mass is 249 g/mol. The van der Waals surface area contributed by atoms with Crippen molar-refractivity contribution in [2.24, 2.45) is 7.05 Å².